The Morgan fingerprint density at radius 2 is 1.79 bits per heavy atom. The lowest BCUT2D eigenvalue weighted by atomic mass is 10.2. The van der Waals surface area contributed by atoms with E-state index in [-0.39, 0.29) is 0 Å². The molecule has 0 bridgehead atoms. The van der Waals surface area contributed by atoms with Crippen molar-refractivity contribution in [3.63, 3.8) is 0 Å². The van der Waals surface area contributed by atoms with Crippen LogP contribution in [0.5, 0.6) is 11.5 Å². The molecule has 19 heavy (non-hydrogen) atoms. The van der Waals surface area contributed by atoms with Gasteiger partial charge in [0.15, 0.2) is 0 Å². The molecule has 0 aromatic heterocycles. The average molecular weight is 337 g/mol. The molecule has 2 aromatic carbocycles. The summed E-state index contributed by atoms with van der Waals surface area (Å²) < 4.78 is 6.67. The molecule has 0 aliphatic rings. The van der Waals surface area contributed by atoms with Gasteiger partial charge in [-0.3, -0.25) is 0 Å². The van der Waals surface area contributed by atoms with E-state index in [1.807, 2.05) is 42.5 Å². The zero-order valence-electron chi connectivity index (χ0n) is 10.1. The molecule has 0 radical (unpaired) electrons. The summed E-state index contributed by atoms with van der Waals surface area (Å²) in [4.78, 5) is 0. The average Bonchev–Trinajstić information content (AvgIpc) is 2.42. The smallest absolute Gasteiger partial charge is 0.128 e. The number of benzene rings is 2. The minimum atomic E-state index is 0.413. The van der Waals surface area contributed by atoms with Crippen LogP contribution in [0, 0.1) is 11.3 Å². The maximum Gasteiger partial charge on any atom is 0.128 e. The Morgan fingerprint density at radius 1 is 1.11 bits per heavy atom. The maximum atomic E-state index is 8.61. The van der Waals surface area contributed by atoms with Crippen molar-refractivity contribution in [2.24, 2.45) is 0 Å². The van der Waals surface area contributed by atoms with Gasteiger partial charge in [-0.1, -0.05) is 34.1 Å². The van der Waals surface area contributed by atoms with Crippen molar-refractivity contribution in [3.8, 4) is 17.6 Å². The van der Waals surface area contributed by atoms with Crippen LogP contribution < -0.4 is 4.74 Å². The van der Waals surface area contributed by atoms with Crippen LogP contribution in [0.1, 0.15) is 11.1 Å². The van der Waals surface area contributed by atoms with Gasteiger partial charge in [-0.2, -0.15) is 5.26 Å². The van der Waals surface area contributed by atoms with Crippen LogP contribution in [0.2, 0.25) is 0 Å². The van der Waals surface area contributed by atoms with Crippen LogP contribution >= 0.6 is 27.5 Å². The Balaban J connectivity index is 2.12. The van der Waals surface area contributed by atoms with E-state index in [0.717, 1.165) is 27.1 Å². The standard InChI is InChI=1S/C15H11BrClNO/c16-15-9-14(6-3-12(15)10-17)19-13-4-1-11(2-5-13)7-8-18/h1-6,9H,7,10H2. The number of ether oxygens (including phenoxy) is 1. The molecule has 2 nitrogen and oxygen atoms in total. The van der Waals surface area contributed by atoms with Gasteiger partial charge in [0.25, 0.3) is 0 Å². The van der Waals surface area contributed by atoms with E-state index in [1.54, 1.807) is 0 Å². The third-order valence-corrected chi connectivity index (χ3v) is 3.64. The molecule has 0 saturated heterocycles. The molecular formula is C15H11BrClNO. The Bertz CT molecular complexity index is 605. The van der Waals surface area contributed by atoms with Crippen LogP contribution in [0.15, 0.2) is 46.9 Å². The predicted octanol–water partition coefficient (Wildman–Crippen LogP) is 5.05. The summed E-state index contributed by atoms with van der Waals surface area (Å²) in [5.41, 5.74) is 2.01. The van der Waals surface area contributed by atoms with Crippen molar-refractivity contribution in [2.45, 2.75) is 12.3 Å². The number of halogens is 2. The van der Waals surface area contributed by atoms with Crippen molar-refractivity contribution in [3.05, 3.63) is 58.1 Å². The van der Waals surface area contributed by atoms with Gasteiger partial charge >= 0.3 is 0 Å². The molecule has 96 valence electrons. The highest BCUT2D eigenvalue weighted by Gasteiger charge is 2.03. The Hall–Kier alpha value is -1.50. The molecular weight excluding hydrogens is 326 g/mol. The van der Waals surface area contributed by atoms with Gasteiger partial charge in [0.2, 0.25) is 0 Å². The van der Waals surface area contributed by atoms with Crippen LogP contribution in [-0.4, -0.2) is 0 Å². The molecule has 0 amide bonds. The quantitative estimate of drug-likeness (QED) is 0.732. The van der Waals surface area contributed by atoms with E-state index in [9.17, 15) is 0 Å². The zero-order chi connectivity index (χ0) is 13.7. The summed E-state index contributed by atoms with van der Waals surface area (Å²) in [5, 5.41) is 8.61. The Morgan fingerprint density at radius 3 is 2.37 bits per heavy atom. The number of alkyl halides is 1. The lowest BCUT2D eigenvalue weighted by molar-refractivity contribution is 0.482. The molecule has 0 N–H and O–H groups in total. The lowest BCUT2D eigenvalue weighted by Gasteiger charge is -2.08. The molecule has 0 unspecified atom stereocenters. The van der Waals surface area contributed by atoms with Crippen molar-refractivity contribution < 1.29 is 4.74 Å². The molecule has 0 fully saturated rings. The van der Waals surface area contributed by atoms with Crippen molar-refractivity contribution in [2.75, 3.05) is 0 Å². The van der Waals surface area contributed by atoms with E-state index in [2.05, 4.69) is 22.0 Å². The van der Waals surface area contributed by atoms with Crippen LogP contribution in [-0.2, 0) is 12.3 Å². The van der Waals surface area contributed by atoms with E-state index >= 15 is 0 Å². The molecule has 0 atom stereocenters. The number of rotatable bonds is 4. The Kier molecular flexibility index (Phi) is 4.84. The number of nitrogens with zero attached hydrogens (tertiary/aromatic N) is 1. The molecule has 2 rings (SSSR count). The fourth-order valence-corrected chi connectivity index (χ4v) is 2.50. The molecule has 0 heterocycles. The lowest BCUT2D eigenvalue weighted by Crippen LogP contribution is -1.87. The number of hydrogen-bond donors (Lipinski definition) is 0. The highest BCUT2D eigenvalue weighted by atomic mass is 79.9. The summed E-state index contributed by atoms with van der Waals surface area (Å²) >= 11 is 9.25. The number of hydrogen-bond acceptors (Lipinski definition) is 2. The Labute approximate surface area is 125 Å². The van der Waals surface area contributed by atoms with Crippen LogP contribution in [0.4, 0.5) is 0 Å². The molecule has 0 aliphatic heterocycles. The van der Waals surface area contributed by atoms with Crippen molar-refractivity contribution in [1.82, 2.24) is 0 Å². The molecule has 0 aliphatic carbocycles. The third-order valence-electron chi connectivity index (χ3n) is 2.61. The summed E-state index contributed by atoms with van der Waals surface area (Å²) in [7, 11) is 0. The van der Waals surface area contributed by atoms with Gasteiger partial charge in [0.05, 0.1) is 12.5 Å². The van der Waals surface area contributed by atoms with Crippen LogP contribution in [0.3, 0.4) is 0 Å². The topological polar surface area (TPSA) is 33.0 Å². The first-order valence-electron chi connectivity index (χ1n) is 5.71. The van der Waals surface area contributed by atoms with Gasteiger partial charge in [0, 0.05) is 10.4 Å². The monoisotopic (exact) mass is 335 g/mol. The van der Waals surface area contributed by atoms with Gasteiger partial charge in [-0.15, -0.1) is 11.6 Å². The molecule has 2 aromatic rings. The highest BCUT2D eigenvalue weighted by Crippen LogP contribution is 2.28. The first-order valence-corrected chi connectivity index (χ1v) is 7.04. The fraction of sp³-hybridized carbons (Fsp3) is 0.133. The first kappa shape index (κ1) is 13.9. The van der Waals surface area contributed by atoms with Crippen molar-refractivity contribution >= 4 is 27.5 Å². The van der Waals surface area contributed by atoms with Gasteiger partial charge in [-0.05, 0) is 35.4 Å². The zero-order valence-corrected chi connectivity index (χ0v) is 12.4. The number of nitriles is 1. The van der Waals surface area contributed by atoms with Crippen LogP contribution in [0.25, 0.3) is 0 Å². The van der Waals surface area contributed by atoms with E-state index < -0.39 is 0 Å². The van der Waals surface area contributed by atoms with Crippen molar-refractivity contribution in [1.29, 1.82) is 5.26 Å². The molecule has 0 saturated carbocycles. The highest BCUT2D eigenvalue weighted by molar-refractivity contribution is 9.10. The van der Waals surface area contributed by atoms with E-state index in [0.29, 0.717) is 12.3 Å². The summed E-state index contributed by atoms with van der Waals surface area (Å²) in [6, 6.07) is 15.3. The van der Waals surface area contributed by atoms with Gasteiger partial charge < -0.3 is 4.74 Å². The van der Waals surface area contributed by atoms with Gasteiger partial charge in [-0.25, -0.2) is 0 Å². The molecule has 4 heteroatoms. The molecule has 0 spiro atoms. The van der Waals surface area contributed by atoms with Gasteiger partial charge in [0.1, 0.15) is 11.5 Å². The minimum absolute atomic E-state index is 0.413. The van der Waals surface area contributed by atoms with E-state index in [1.165, 1.54) is 0 Å². The SMILES string of the molecule is N#CCc1ccc(Oc2ccc(CCl)c(Br)c2)cc1. The largest absolute Gasteiger partial charge is 0.457 e. The summed E-state index contributed by atoms with van der Waals surface area (Å²) in [6.07, 6.45) is 0.413. The fourth-order valence-electron chi connectivity index (χ4n) is 1.60. The second-order valence-corrected chi connectivity index (χ2v) is 5.09. The minimum Gasteiger partial charge on any atom is -0.457 e. The second kappa shape index (κ2) is 6.60. The second-order valence-electron chi connectivity index (χ2n) is 3.97. The first-order chi connectivity index (χ1) is 9.22. The summed E-state index contributed by atoms with van der Waals surface area (Å²) in [6.45, 7) is 0. The normalized spacial score (nSPS) is 9.95. The predicted molar refractivity (Wildman–Crippen MR) is 79.5 cm³/mol. The van der Waals surface area contributed by atoms with E-state index in [4.69, 9.17) is 21.6 Å². The summed E-state index contributed by atoms with van der Waals surface area (Å²) in [5.74, 6) is 1.95. The third kappa shape index (κ3) is 3.73. The maximum absolute atomic E-state index is 8.61.